The third-order valence-electron chi connectivity index (χ3n) is 5.18. The largest absolute Gasteiger partial charge is 0.424 e. The molecule has 0 aliphatic heterocycles. The van der Waals surface area contributed by atoms with Gasteiger partial charge in [0.15, 0.2) is 6.10 Å². The quantitative estimate of drug-likeness (QED) is 0.424. The number of nitrogens with zero attached hydrogens (tertiary/aromatic N) is 1. The van der Waals surface area contributed by atoms with E-state index in [1.54, 1.807) is 6.92 Å². The highest BCUT2D eigenvalue weighted by Crippen LogP contribution is 2.29. The van der Waals surface area contributed by atoms with E-state index >= 15 is 0 Å². The summed E-state index contributed by atoms with van der Waals surface area (Å²) in [5, 5.41) is 10.4. The van der Waals surface area contributed by atoms with Crippen LogP contribution < -0.4 is 9.64 Å². The number of halogens is 1. The second-order valence-corrected chi connectivity index (χ2v) is 6.83. The molecule has 5 heteroatoms. The highest BCUT2D eigenvalue weighted by Gasteiger charge is 2.29. The van der Waals surface area contributed by atoms with Gasteiger partial charge in [0, 0.05) is 30.8 Å². The number of hydrogen-bond acceptors (Lipinski definition) is 4. The van der Waals surface area contributed by atoms with Crippen LogP contribution in [-0.4, -0.2) is 30.3 Å². The van der Waals surface area contributed by atoms with Crippen LogP contribution in [0.4, 0.5) is 5.69 Å². The molecule has 4 nitrogen and oxygen atoms in total. The van der Waals surface area contributed by atoms with Gasteiger partial charge in [-0.1, -0.05) is 25.2 Å². The molecule has 0 spiro atoms. The Labute approximate surface area is 169 Å². The number of benzene rings is 1. The minimum absolute atomic E-state index is 0. The van der Waals surface area contributed by atoms with Crippen molar-refractivity contribution >= 4 is 24.1 Å². The molecule has 1 saturated carbocycles. The third kappa shape index (κ3) is 6.45. The van der Waals surface area contributed by atoms with E-state index in [0.717, 1.165) is 50.0 Å². The lowest BCUT2D eigenvalue weighted by Crippen LogP contribution is -2.34. The van der Waals surface area contributed by atoms with Crippen molar-refractivity contribution in [3.63, 3.8) is 0 Å². The minimum Gasteiger partial charge on any atom is -0.424 e. The Hall–Kier alpha value is -1.70. The number of hydrogen-bond donors (Lipinski definition) is 1. The van der Waals surface area contributed by atoms with E-state index in [1.165, 1.54) is 6.42 Å². The van der Waals surface area contributed by atoms with E-state index in [-0.39, 0.29) is 18.3 Å². The maximum Gasteiger partial charge on any atom is 0.340 e. The summed E-state index contributed by atoms with van der Waals surface area (Å²) in [6, 6.07) is 5.82. The summed E-state index contributed by atoms with van der Waals surface area (Å²) in [5.74, 6) is 5.92. The molecule has 1 N–H and O–H groups in total. The average molecular weight is 394 g/mol. The Morgan fingerprint density at radius 1 is 1.26 bits per heavy atom. The van der Waals surface area contributed by atoms with Gasteiger partial charge in [-0.25, -0.2) is 4.79 Å². The molecular weight excluding hydrogens is 362 g/mol. The molecule has 150 valence electrons. The minimum atomic E-state index is -1.04. The number of esters is 1. The van der Waals surface area contributed by atoms with Crippen molar-refractivity contribution in [3.05, 3.63) is 23.8 Å². The molecule has 1 unspecified atom stereocenters. The van der Waals surface area contributed by atoms with E-state index in [9.17, 15) is 9.90 Å². The first-order valence-electron chi connectivity index (χ1n) is 9.77. The van der Waals surface area contributed by atoms with Crippen LogP contribution in [-0.2, 0) is 11.2 Å². The van der Waals surface area contributed by atoms with E-state index in [2.05, 4.69) is 30.6 Å². The van der Waals surface area contributed by atoms with E-state index in [4.69, 9.17) is 4.74 Å². The van der Waals surface area contributed by atoms with Crippen molar-refractivity contribution < 1.29 is 14.6 Å². The van der Waals surface area contributed by atoms with Gasteiger partial charge in [0.05, 0.1) is 0 Å². The van der Waals surface area contributed by atoms with Crippen molar-refractivity contribution in [1.82, 2.24) is 0 Å². The van der Waals surface area contributed by atoms with Gasteiger partial charge in [-0.3, -0.25) is 0 Å². The summed E-state index contributed by atoms with van der Waals surface area (Å²) in [6.45, 7) is 7.85. The van der Waals surface area contributed by atoms with Crippen molar-refractivity contribution in [2.24, 2.45) is 5.92 Å². The van der Waals surface area contributed by atoms with Crippen LogP contribution >= 0.6 is 12.4 Å². The Morgan fingerprint density at radius 3 is 2.52 bits per heavy atom. The molecule has 1 atom stereocenters. The summed E-state index contributed by atoms with van der Waals surface area (Å²) in [6.07, 6.45) is 4.60. The predicted octanol–water partition coefficient (Wildman–Crippen LogP) is 4.37. The van der Waals surface area contributed by atoms with Gasteiger partial charge in [-0.15, -0.1) is 18.3 Å². The van der Waals surface area contributed by atoms with Crippen molar-refractivity contribution in [2.75, 3.05) is 18.0 Å². The Bertz CT molecular complexity index is 655. The van der Waals surface area contributed by atoms with Crippen LogP contribution in [0.5, 0.6) is 5.75 Å². The summed E-state index contributed by atoms with van der Waals surface area (Å²) >= 11 is 0. The summed E-state index contributed by atoms with van der Waals surface area (Å²) in [5.41, 5.74) is 1.98. The predicted molar refractivity (Wildman–Crippen MR) is 113 cm³/mol. The van der Waals surface area contributed by atoms with E-state index in [1.807, 2.05) is 18.2 Å². The molecule has 2 rings (SSSR count). The van der Waals surface area contributed by atoms with Crippen LogP contribution in [0.25, 0.3) is 0 Å². The lowest BCUT2D eigenvalue weighted by atomic mass is 9.85. The normalized spacial score (nSPS) is 15.1. The molecule has 0 radical (unpaired) electrons. The van der Waals surface area contributed by atoms with Crippen molar-refractivity contribution in [3.8, 4) is 17.6 Å². The van der Waals surface area contributed by atoms with Gasteiger partial charge in [-0.2, -0.15) is 0 Å². The van der Waals surface area contributed by atoms with Crippen LogP contribution in [0.3, 0.4) is 0 Å². The topological polar surface area (TPSA) is 49.8 Å². The number of carbonyl (C=O) groups is 1. The van der Waals surface area contributed by atoms with Crippen LogP contribution in [0.2, 0.25) is 0 Å². The molecule has 1 aliphatic rings. The standard InChI is InChI=1S/C22H31NO3.ClH/c1-4-7-11-18-16-19(23(5-2)6-3)14-15-20(18)26-22(25)21(24)17-12-9-8-10-13-17;/h14-17,21,24H,5-6,8-13H2,1-3H3;1H. The SMILES string of the molecule is CC#CCc1cc(N(CC)CC)ccc1OC(=O)C(O)C1CCCCC1.Cl. The second-order valence-electron chi connectivity index (χ2n) is 6.83. The monoisotopic (exact) mass is 393 g/mol. The van der Waals surface area contributed by atoms with Gasteiger partial charge < -0.3 is 14.7 Å². The molecular formula is C22H32ClNO3. The Kier molecular flexibility index (Phi) is 10.3. The van der Waals surface area contributed by atoms with Gasteiger partial charge in [0.2, 0.25) is 0 Å². The van der Waals surface area contributed by atoms with Gasteiger partial charge >= 0.3 is 5.97 Å². The van der Waals surface area contributed by atoms with Crippen molar-refractivity contribution in [1.29, 1.82) is 0 Å². The fraction of sp³-hybridized carbons (Fsp3) is 0.591. The number of aliphatic hydroxyl groups is 1. The lowest BCUT2D eigenvalue weighted by Gasteiger charge is -2.26. The molecule has 1 fully saturated rings. The zero-order valence-electron chi connectivity index (χ0n) is 16.7. The Morgan fingerprint density at radius 2 is 1.93 bits per heavy atom. The molecule has 0 bridgehead atoms. The highest BCUT2D eigenvalue weighted by molar-refractivity contribution is 5.85. The van der Waals surface area contributed by atoms with Crippen LogP contribution in [0.15, 0.2) is 18.2 Å². The van der Waals surface area contributed by atoms with Gasteiger partial charge in [-0.05, 0) is 57.7 Å². The third-order valence-corrected chi connectivity index (χ3v) is 5.18. The smallest absolute Gasteiger partial charge is 0.340 e. The maximum atomic E-state index is 12.5. The van der Waals surface area contributed by atoms with E-state index in [0.29, 0.717) is 12.2 Å². The molecule has 1 aromatic carbocycles. The number of aliphatic hydroxyl groups excluding tert-OH is 1. The first kappa shape index (κ1) is 23.3. The molecule has 0 amide bonds. The first-order valence-corrected chi connectivity index (χ1v) is 9.77. The van der Waals surface area contributed by atoms with E-state index < -0.39 is 12.1 Å². The maximum absolute atomic E-state index is 12.5. The fourth-order valence-corrected chi connectivity index (χ4v) is 3.58. The first-order chi connectivity index (χ1) is 12.6. The molecule has 0 aromatic heterocycles. The lowest BCUT2D eigenvalue weighted by molar-refractivity contribution is -0.147. The van der Waals surface area contributed by atoms with Crippen LogP contribution in [0, 0.1) is 17.8 Å². The molecule has 0 saturated heterocycles. The fourth-order valence-electron chi connectivity index (χ4n) is 3.58. The summed E-state index contributed by atoms with van der Waals surface area (Å²) in [4.78, 5) is 14.7. The number of anilines is 1. The average Bonchev–Trinajstić information content (AvgIpc) is 2.68. The summed E-state index contributed by atoms with van der Waals surface area (Å²) in [7, 11) is 0. The zero-order chi connectivity index (χ0) is 18.9. The molecule has 27 heavy (non-hydrogen) atoms. The number of rotatable bonds is 7. The van der Waals surface area contributed by atoms with Gasteiger partial charge in [0.1, 0.15) is 5.75 Å². The van der Waals surface area contributed by atoms with Crippen molar-refractivity contribution in [2.45, 2.75) is 65.4 Å². The molecule has 0 heterocycles. The van der Waals surface area contributed by atoms with Gasteiger partial charge in [0.25, 0.3) is 0 Å². The highest BCUT2D eigenvalue weighted by atomic mass is 35.5. The van der Waals surface area contributed by atoms with Crippen LogP contribution in [0.1, 0.15) is 58.4 Å². The Balaban J connectivity index is 0.00000364. The number of carbonyl (C=O) groups excluding carboxylic acids is 1. The molecule has 1 aromatic rings. The second kappa shape index (κ2) is 11.9. The summed E-state index contributed by atoms with van der Waals surface area (Å²) < 4.78 is 5.58. The zero-order valence-corrected chi connectivity index (χ0v) is 17.5. The number of ether oxygens (including phenoxy) is 1. The molecule has 1 aliphatic carbocycles.